The first-order valence-corrected chi connectivity index (χ1v) is 11.2. The smallest absolute Gasteiger partial charge is 0.235 e. The molecular formula is C21H20ClN5O2S. The summed E-state index contributed by atoms with van der Waals surface area (Å²) in [4.78, 5) is 11.9. The van der Waals surface area contributed by atoms with Gasteiger partial charge in [-0.2, -0.15) is 0 Å². The molecule has 2 aromatic heterocycles. The van der Waals surface area contributed by atoms with Gasteiger partial charge in [0.25, 0.3) is 0 Å². The molecule has 3 N–H and O–H groups in total. The summed E-state index contributed by atoms with van der Waals surface area (Å²) in [6, 6.07) is 16.5. The maximum absolute atomic E-state index is 12.0. The zero-order valence-electron chi connectivity index (χ0n) is 16.3. The highest BCUT2D eigenvalue weighted by molar-refractivity contribution is 7.93. The number of anilines is 3. The molecule has 0 unspecified atom stereocenters. The van der Waals surface area contributed by atoms with Crippen LogP contribution in [0.25, 0.3) is 22.3 Å². The van der Waals surface area contributed by atoms with E-state index in [0.29, 0.717) is 22.2 Å². The highest BCUT2D eigenvalue weighted by Crippen LogP contribution is 2.29. The number of aromatic nitrogens is 3. The first kappa shape index (κ1) is 20.2. The lowest BCUT2D eigenvalue weighted by atomic mass is 10.1. The number of sulfonamides is 1. The number of hydrogen-bond donors (Lipinski definition) is 3. The van der Waals surface area contributed by atoms with Crippen LogP contribution in [0.3, 0.4) is 0 Å². The number of hydrogen-bond acceptors (Lipinski definition) is 5. The van der Waals surface area contributed by atoms with Crippen LogP contribution in [-0.4, -0.2) is 28.6 Å². The quantitative estimate of drug-likeness (QED) is 0.383. The predicted octanol–water partition coefficient (Wildman–Crippen LogP) is 5.17. The van der Waals surface area contributed by atoms with Crippen LogP contribution in [0.5, 0.6) is 0 Å². The molecule has 2 heterocycles. The summed E-state index contributed by atoms with van der Waals surface area (Å²) < 4.78 is 26.6. The standard InChI is InChI=1S/C21H20ClN5O2S/c1-13(2)30(28,29)27-16-8-6-14(7-9-16)19-11-18-20(23-12-24-21(18)26-19)25-17-5-3-4-15(22)10-17/h3-13,27H,1-2H3,(H2,23,24,25,26). The maximum atomic E-state index is 12.0. The van der Waals surface area contributed by atoms with E-state index in [-0.39, 0.29) is 0 Å². The minimum atomic E-state index is -3.38. The monoisotopic (exact) mass is 441 g/mol. The summed E-state index contributed by atoms with van der Waals surface area (Å²) in [5.41, 5.74) is 3.78. The average Bonchev–Trinajstić information content (AvgIpc) is 3.13. The van der Waals surface area contributed by atoms with Crippen molar-refractivity contribution in [3.05, 3.63) is 65.9 Å². The number of rotatable bonds is 6. The Labute approximate surface area is 179 Å². The molecule has 0 aliphatic rings. The molecule has 0 bridgehead atoms. The normalized spacial score (nSPS) is 11.7. The predicted molar refractivity (Wildman–Crippen MR) is 122 cm³/mol. The van der Waals surface area contributed by atoms with Crippen molar-refractivity contribution < 1.29 is 8.42 Å². The van der Waals surface area contributed by atoms with Gasteiger partial charge in [0.15, 0.2) is 0 Å². The fourth-order valence-corrected chi connectivity index (χ4v) is 3.79. The van der Waals surface area contributed by atoms with Crippen molar-refractivity contribution in [3.63, 3.8) is 0 Å². The minimum Gasteiger partial charge on any atom is -0.340 e. The highest BCUT2D eigenvalue weighted by Gasteiger charge is 2.16. The van der Waals surface area contributed by atoms with Crippen LogP contribution in [0.2, 0.25) is 5.02 Å². The number of benzene rings is 2. The largest absolute Gasteiger partial charge is 0.340 e. The van der Waals surface area contributed by atoms with Gasteiger partial charge >= 0.3 is 0 Å². The first-order chi connectivity index (χ1) is 14.3. The van der Waals surface area contributed by atoms with Crippen molar-refractivity contribution in [2.45, 2.75) is 19.1 Å². The topological polar surface area (TPSA) is 99.8 Å². The molecule has 0 radical (unpaired) electrons. The molecular weight excluding hydrogens is 422 g/mol. The first-order valence-electron chi connectivity index (χ1n) is 9.30. The van der Waals surface area contributed by atoms with Crippen molar-refractivity contribution in [3.8, 4) is 11.3 Å². The lowest BCUT2D eigenvalue weighted by molar-refractivity contribution is 0.593. The third-order valence-electron chi connectivity index (χ3n) is 4.59. The molecule has 154 valence electrons. The Hall–Kier alpha value is -3.10. The highest BCUT2D eigenvalue weighted by atomic mass is 35.5. The van der Waals surface area contributed by atoms with Gasteiger partial charge in [0.1, 0.15) is 17.8 Å². The summed E-state index contributed by atoms with van der Waals surface area (Å²) in [5.74, 6) is 0.658. The minimum absolute atomic E-state index is 0.505. The molecule has 7 nitrogen and oxygen atoms in total. The second-order valence-electron chi connectivity index (χ2n) is 7.08. The van der Waals surface area contributed by atoms with E-state index in [1.165, 1.54) is 6.33 Å². The molecule has 9 heteroatoms. The van der Waals surface area contributed by atoms with E-state index in [0.717, 1.165) is 22.3 Å². The molecule has 2 aromatic carbocycles. The molecule has 0 spiro atoms. The fraction of sp³-hybridized carbons (Fsp3) is 0.143. The zero-order chi connectivity index (χ0) is 21.3. The van der Waals surface area contributed by atoms with Gasteiger partial charge in [0.2, 0.25) is 10.0 Å². The lowest BCUT2D eigenvalue weighted by Gasteiger charge is -2.10. The molecule has 4 rings (SSSR count). The second kappa shape index (κ2) is 7.97. The van der Waals surface area contributed by atoms with Gasteiger partial charge in [-0.1, -0.05) is 29.8 Å². The van der Waals surface area contributed by atoms with Crippen molar-refractivity contribution in [1.29, 1.82) is 0 Å². The van der Waals surface area contributed by atoms with Crippen molar-refractivity contribution >= 4 is 49.9 Å². The summed E-state index contributed by atoms with van der Waals surface area (Å²) in [6.07, 6.45) is 1.49. The molecule has 0 aliphatic carbocycles. The number of nitrogens with one attached hydrogen (secondary N) is 3. The Morgan fingerprint density at radius 1 is 1.00 bits per heavy atom. The van der Waals surface area contributed by atoms with Crippen LogP contribution in [-0.2, 0) is 10.0 Å². The molecule has 0 aliphatic heterocycles. The van der Waals surface area contributed by atoms with Crippen LogP contribution in [0.1, 0.15) is 13.8 Å². The summed E-state index contributed by atoms with van der Waals surface area (Å²) in [5, 5.41) is 4.22. The summed E-state index contributed by atoms with van der Waals surface area (Å²) >= 11 is 6.06. The number of aromatic amines is 1. The van der Waals surface area contributed by atoms with Crippen LogP contribution >= 0.6 is 11.6 Å². The van der Waals surface area contributed by atoms with Gasteiger partial charge in [0.05, 0.1) is 10.6 Å². The third-order valence-corrected chi connectivity index (χ3v) is 6.59. The number of halogens is 1. The van der Waals surface area contributed by atoms with Crippen LogP contribution in [0, 0.1) is 0 Å². The molecule has 0 fully saturated rings. The van der Waals surface area contributed by atoms with Gasteiger partial charge in [-0.05, 0) is 55.8 Å². The van der Waals surface area contributed by atoms with Gasteiger partial charge in [-0.3, -0.25) is 4.72 Å². The van der Waals surface area contributed by atoms with E-state index in [1.807, 2.05) is 42.5 Å². The van der Waals surface area contributed by atoms with Crippen LogP contribution in [0.15, 0.2) is 60.9 Å². The van der Waals surface area contributed by atoms with E-state index >= 15 is 0 Å². The van der Waals surface area contributed by atoms with E-state index in [9.17, 15) is 8.42 Å². The van der Waals surface area contributed by atoms with Crippen molar-refractivity contribution in [1.82, 2.24) is 15.0 Å². The molecule has 0 saturated heterocycles. The number of nitrogens with zero attached hydrogens (tertiary/aromatic N) is 2. The van der Waals surface area contributed by atoms with E-state index in [1.54, 1.807) is 26.0 Å². The lowest BCUT2D eigenvalue weighted by Crippen LogP contribution is -2.22. The Kier molecular flexibility index (Phi) is 5.36. The van der Waals surface area contributed by atoms with Crippen LogP contribution < -0.4 is 10.0 Å². The third kappa shape index (κ3) is 4.24. The number of H-pyrrole nitrogens is 1. The van der Waals surface area contributed by atoms with Gasteiger partial charge in [0, 0.05) is 22.1 Å². The molecule has 0 atom stereocenters. The Morgan fingerprint density at radius 2 is 1.77 bits per heavy atom. The van der Waals surface area contributed by atoms with E-state index in [4.69, 9.17) is 11.6 Å². The Bertz CT molecular complexity index is 1300. The summed E-state index contributed by atoms with van der Waals surface area (Å²) in [6.45, 7) is 3.27. The second-order valence-corrected chi connectivity index (χ2v) is 9.75. The Morgan fingerprint density at radius 3 is 2.47 bits per heavy atom. The molecule has 0 amide bonds. The molecule has 4 aromatic rings. The van der Waals surface area contributed by atoms with Crippen molar-refractivity contribution in [2.24, 2.45) is 0 Å². The van der Waals surface area contributed by atoms with E-state index < -0.39 is 15.3 Å². The SMILES string of the molecule is CC(C)S(=O)(=O)Nc1ccc(-c2cc3c(Nc4cccc(Cl)c4)ncnc3[nH]2)cc1. The van der Waals surface area contributed by atoms with Gasteiger partial charge < -0.3 is 10.3 Å². The summed E-state index contributed by atoms with van der Waals surface area (Å²) in [7, 11) is -3.38. The van der Waals surface area contributed by atoms with Crippen LogP contribution in [0.4, 0.5) is 17.2 Å². The van der Waals surface area contributed by atoms with Gasteiger partial charge in [-0.25, -0.2) is 18.4 Å². The van der Waals surface area contributed by atoms with E-state index in [2.05, 4.69) is 25.0 Å². The Balaban J connectivity index is 1.62. The fourth-order valence-electron chi connectivity index (χ4n) is 2.90. The maximum Gasteiger partial charge on any atom is 0.235 e. The molecule has 30 heavy (non-hydrogen) atoms. The molecule has 0 saturated carbocycles. The zero-order valence-corrected chi connectivity index (χ0v) is 17.9. The van der Waals surface area contributed by atoms with Gasteiger partial charge in [-0.15, -0.1) is 0 Å². The average molecular weight is 442 g/mol. The van der Waals surface area contributed by atoms with Crippen molar-refractivity contribution in [2.75, 3.05) is 10.0 Å². The number of fused-ring (bicyclic) bond motifs is 1.